The van der Waals surface area contributed by atoms with Gasteiger partial charge in [-0.2, -0.15) is 0 Å². The Kier molecular flexibility index (Phi) is 7.44. The van der Waals surface area contributed by atoms with E-state index in [2.05, 4.69) is 21.6 Å². The number of ether oxygens (including phenoxy) is 2. The van der Waals surface area contributed by atoms with Gasteiger partial charge >= 0.3 is 0 Å². The van der Waals surface area contributed by atoms with Crippen LogP contribution in [0.25, 0.3) is 5.57 Å². The van der Waals surface area contributed by atoms with Crippen molar-refractivity contribution in [3.63, 3.8) is 0 Å². The van der Waals surface area contributed by atoms with E-state index < -0.39 is 0 Å². The summed E-state index contributed by atoms with van der Waals surface area (Å²) in [5.41, 5.74) is 1.70. The fraction of sp³-hybridized carbons (Fsp3) is 0.583. The van der Waals surface area contributed by atoms with E-state index >= 15 is 0 Å². The molecule has 4 rings (SSSR count). The van der Waals surface area contributed by atoms with Crippen LogP contribution in [0.2, 0.25) is 0 Å². The van der Waals surface area contributed by atoms with Crippen molar-refractivity contribution in [3.8, 4) is 5.75 Å². The maximum Gasteiger partial charge on any atom is 0.277 e. The minimum absolute atomic E-state index is 0.178. The molecule has 2 saturated heterocycles. The molecule has 0 N–H and O–H groups in total. The second-order valence-electron chi connectivity index (χ2n) is 8.41. The van der Waals surface area contributed by atoms with Crippen LogP contribution in [-0.4, -0.2) is 111 Å². The molecule has 8 heteroatoms. The zero-order chi connectivity index (χ0) is 22.5. The first-order valence-corrected chi connectivity index (χ1v) is 11.6. The fourth-order valence-corrected chi connectivity index (χ4v) is 4.72. The van der Waals surface area contributed by atoms with Gasteiger partial charge in [0.25, 0.3) is 11.8 Å². The second kappa shape index (κ2) is 10.5. The number of likely N-dealkylation sites (N-methyl/N-ethyl adjacent to an activating group) is 1. The Bertz CT molecular complexity index is 857. The molecule has 0 bridgehead atoms. The highest BCUT2D eigenvalue weighted by atomic mass is 16.5. The number of imide groups is 1. The average molecular weight is 443 g/mol. The number of carbonyl (C=O) groups is 2. The SMILES string of the molecule is CCN1CCN(C2=C(c3ccccc3OC)C(=O)N(CCCN3CCOCC3)C2=O)CC1. The lowest BCUT2D eigenvalue weighted by Gasteiger charge is -2.36. The summed E-state index contributed by atoms with van der Waals surface area (Å²) >= 11 is 0. The first-order valence-electron chi connectivity index (χ1n) is 11.6. The third-order valence-electron chi connectivity index (χ3n) is 6.62. The van der Waals surface area contributed by atoms with Gasteiger partial charge in [-0.3, -0.25) is 19.4 Å². The number of para-hydroxylation sites is 1. The molecule has 32 heavy (non-hydrogen) atoms. The zero-order valence-electron chi connectivity index (χ0n) is 19.2. The van der Waals surface area contributed by atoms with Crippen LogP contribution >= 0.6 is 0 Å². The molecule has 174 valence electrons. The van der Waals surface area contributed by atoms with Gasteiger partial charge in [0.05, 0.1) is 25.9 Å². The highest BCUT2D eigenvalue weighted by Gasteiger charge is 2.42. The molecule has 0 spiro atoms. The van der Waals surface area contributed by atoms with Crippen LogP contribution in [0.3, 0.4) is 0 Å². The topological polar surface area (TPSA) is 65.6 Å². The molecule has 0 atom stereocenters. The third-order valence-corrected chi connectivity index (χ3v) is 6.62. The number of nitrogens with zero attached hydrogens (tertiary/aromatic N) is 4. The van der Waals surface area contributed by atoms with Crippen molar-refractivity contribution in [1.82, 2.24) is 19.6 Å². The summed E-state index contributed by atoms with van der Waals surface area (Å²) in [5, 5.41) is 0. The molecule has 3 aliphatic rings. The van der Waals surface area contributed by atoms with Gasteiger partial charge in [-0.1, -0.05) is 25.1 Å². The Morgan fingerprint density at radius 2 is 1.62 bits per heavy atom. The van der Waals surface area contributed by atoms with E-state index in [9.17, 15) is 9.59 Å². The van der Waals surface area contributed by atoms with Crippen LogP contribution in [0, 0.1) is 0 Å². The standard InChI is InChI=1S/C24H34N4O4/c1-3-25-11-13-27(14-12-25)22-21(19-7-4-5-8-20(19)31-2)23(29)28(24(22)30)10-6-9-26-15-17-32-18-16-26/h4-5,7-8H,3,6,9-18H2,1-2H3. The van der Waals surface area contributed by atoms with Crippen molar-refractivity contribution in [2.45, 2.75) is 13.3 Å². The Morgan fingerprint density at radius 1 is 0.906 bits per heavy atom. The molecule has 3 heterocycles. The fourth-order valence-electron chi connectivity index (χ4n) is 4.72. The second-order valence-corrected chi connectivity index (χ2v) is 8.41. The minimum atomic E-state index is -0.214. The van der Waals surface area contributed by atoms with Crippen molar-refractivity contribution < 1.29 is 19.1 Å². The van der Waals surface area contributed by atoms with E-state index in [1.165, 1.54) is 4.90 Å². The summed E-state index contributed by atoms with van der Waals surface area (Å²) in [4.78, 5) is 35.3. The smallest absolute Gasteiger partial charge is 0.277 e. The van der Waals surface area contributed by atoms with E-state index in [1.54, 1.807) is 7.11 Å². The summed E-state index contributed by atoms with van der Waals surface area (Å²) in [6, 6.07) is 7.48. The lowest BCUT2D eigenvalue weighted by atomic mass is 10.0. The highest BCUT2D eigenvalue weighted by Crippen LogP contribution is 2.36. The quantitative estimate of drug-likeness (QED) is 0.560. The van der Waals surface area contributed by atoms with Gasteiger partial charge in [-0.05, 0) is 19.0 Å². The number of piperazine rings is 1. The van der Waals surface area contributed by atoms with Crippen molar-refractivity contribution in [1.29, 1.82) is 0 Å². The summed E-state index contributed by atoms with van der Waals surface area (Å²) in [5.74, 6) is 0.223. The molecule has 0 aromatic heterocycles. The molecule has 0 saturated carbocycles. The largest absolute Gasteiger partial charge is 0.496 e. The van der Waals surface area contributed by atoms with Crippen LogP contribution in [0.15, 0.2) is 30.0 Å². The molecule has 2 fully saturated rings. The molecule has 0 radical (unpaired) electrons. The Hall–Kier alpha value is -2.42. The number of benzene rings is 1. The number of morpholine rings is 1. The van der Waals surface area contributed by atoms with Crippen molar-refractivity contribution in [2.75, 3.05) is 79.2 Å². The molecule has 1 aromatic rings. The van der Waals surface area contributed by atoms with Crippen LogP contribution in [0.1, 0.15) is 18.9 Å². The van der Waals surface area contributed by atoms with Gasteiger partial charge < -0.3 is 19.3 Å². The molecule has 2 amide bonds. The minimum Gasteiger partial charge on any atom is -0.496 e. The van der Waals surface area contributed by atoms with Crippen LogP contribution in [0.5, 0.6) is 5.75 Å². The number of amides is 2. The first kappa shape index (κ1) is 22.8. The molecule has 1 aromatic carbocycles. The zero-order valence-corrected chi connectivity index (χ0v) is 19.2. The van der Waals surface area contributed by atoms with Gasteiger partial charge in [0.1, 0.15) is 11.4 Å². The molecule has 0 aliphatic carbocycles. The average Bonchev–Trinajstić information content (AvgIpc) is 3.09. The highest BCUT2D eigenvalue weighted by molar-refractivity contribution is 6.36. The predicted molar refractivity (Wildman–Crippen MR) is 122 cm³/mol. The molecule has 3 aliphatic heterocycles. The normalized spacial score (nSPS) is 21.1. The van der Waals surface area contributed by atoms with Gasteiger partial charge in [-0.15, -0.1) is 0 Å². The van der Waals surface area contributed by atoms with E-state index in [1.807, 2.05) is 24.3 Å². The monoisotopic (exact) mass is 442 g/mol. The lowest BCUT2D eigenvalue weighted by molar-refractivity contribution is -0.137. The molecular weight excluding hydrogens is 408 g/mol. The number of carbonyl (C=O) groups excluding carboxylic acids is 2. The van der Waals surface area contributed by atoms with E-state index in [0.717, 1.165) is 72.0 Å². The number of hydrogen-bond donors (Lipinski definition) is 0. The molecule has 0 unspecified atom stereocenters. The maximum absolute atomic E-state index is 13.6. The number of hydrogen-bond acceptors (Lipinski definition) is 7. The summed E-state index contributed by atoms with van der Waals surface area (Å²) in [7, 11) is 1.60. The van der Waals surface area contributed by atoms with Crippen LogP contribution in [-0.2, 0) is 14.3 Å². The Balaban J connectivity index is 1.57. The molecular formula is C24H34N4O4. The Morgan fingerprint density at radius 3 is 2.31 bits per heavy atom. The Labute approximate surface area is 190 Å². The summed E-state index contributed by atoms with van der Waals surface area (Å²) < 4.78 is 11.0. The van der Waals surface area contributed by atoms with Gasteiger partial charge in [0.15, 0.2) is 0 Å². The lowest BCUT2D eigenvalue weighted by Crippen LogP contribution is -2.47. The first-order chi connectivity index (χ1) is 15.6. The summed E-state index contributed by atoms with van der Waals surface area (Å²) in [6.07, 6.45) is 0.758. The van der Waals surface area contributed by atoms with Crippen LogP contribution in [0.4, 0.5) is 0 Å². The summed E-state index contributed by atoms with van der Waals surface area (Å²) in [6.45, 7) is 11.0. The predicted octanol–water partition coefficient (Wildman–Crippen LogP) is 1.13. The van der Waals surface area contributed by atoms with Crippen molar-refractivity contribution in [2.24, 2.45) is 0 Å². The third kappa shape index (κ3) is 4.67. The van der Waals surface area contributed by atoms with Crippen molar-refractivity contribution in [3.05, 3.63) is 35.5 Å². The van der Waals surface area contributed by atoms with Gasteiger partial charge in [-0.25, -0.2) is 0 Å². The molecule has 8 nitrogen and oxygen atoms in total. The maximum atomic E-state index is 13.6. The number of rotatable bonds is 8. The van der Waals surface area contributed by atoms with Gasteiger partial charge in [0.2, 0.25) is 0 Å². The van der Waals surface area contributed by atoms with E-state index in [-0.39, 0.29) is 11.8 Å². The van der Waals surface area contributed by atoms with Gasteiger partial charge in [0, 0.05) is 57.9 Å². The van der Waals surface area contributed by atoms with E-state index in [4.69, 9.17) is 9.47 Å². The number of methoxy groups -OCH3 is 1. The van der Waals surface area contributed by atoms with E-state index in [0.29, 0.717) is 29.1 Å². The van der Waals surface area contributed by atoms with Crippen LogP contribution < -0.4 is 4.74 Å². The van der Waals surface area contributed by atoms with Crippen molar-refractivity contribution >= 4 is 17.4 Å².